The van der Waals surface area contributed by atoms with Gasteiger partial charge in [0.15, 0.2) is 0 Å². The third-order valence-electron chi connectivity index (χ3n) is 2.46. The lowest BCUT2D eigenvalue weighted by molar-refractivity contribution is 0.720. The van der Waals surface area contributed by atoms with Crippen molar-refractivity contribution in [2.75, 3.05) is 11.5 Å². The zero-order valence-corrected chi connectivity index (χ0v) is 10.1. The maximum absolute atomic E-state index is 5.87. The first-order chi connectivity index (χ1) is 7.77. The van der Waals surface area contributed by atoms with E-state index in [0.717, 1.165) is 22.8 Å². The summed E-state index contributed by atoms with van der Waals surface area (Å²) in [6.45, 7) is 0. The zero-order chi connectivity index (χ0) is 11.4. The lowest BCUT2D eigenvalue weighted by Crippen LogP contribution is -1.99. The monoisotopic (exact) mass is 233 g/mol. The normalized spacial score (nSPS) is 10.6. The summed E-state index contributed by atoms with van der Waals surface area (Å²) in [6, 6.07) is 10.0. The summed E-state index contributed by atoms with van der Waals surface area (Å²) < 4.78 is 1.91. The smallest absolute Gasteiger partial charge is 0.0492 e. The van der Waals surface area contributed by atoms with Crippen molar-refractivity contribution < 1.29 is 0 Å². The highest BCUT2D eigenvalue weighted by atomic mass is 32.2. The topological polar surface area (TPSA) is 43.8 Å². The fourth-order valence-corrected chi connectivity index (χ4v) is 2.46. The van der Waals surface area contributed by atoms with E-state index in [9.17, 15) is 0 Å². The Morgan fingerprint density at radius 2 is 2.12 bits per heavy atom. The number of rotatable bonds is 4. The molecule has 0 spiro atoms. The van der Waals surface area contributed by atoms with E-state index in [1.54, 1.807) is 11.8 Å². The summed E-state index contributed by atoms with van der Waals surface area (Å²) in [5, 5.41) is 4.14. The number of thioether (sulfide) groups is 1. The lowest BCUT2D eigenvalue weighted by atomic mass is 10.3. The molecule has 2 N–H and O–H groups in total. The third-order valence-corrected chi connectivity index (χ3v) is 3.55. The van der Waals surface area contributed by atoms with Gasteiger partial charge in [0, 0.05) is 35.3 Å². The van der Waals surface area contributed by atoms with Crippen LogP contribution in [-0.4, -0.2) is 15.5 Å². The maximum atomic E-state index is 5.87. The molecule has 0 fully saturated rings. The van der Waals surface area contributed by atoms with Gasteiger partial charge in [-0.2, -0.15) is 5.10 Å². The molecule has 2 aromatic rings. The molecule has 0 aliphatic heterocycles. The van der Waals surface area contributed by atoms with Crippen LogP contribution in [0.25, 0.3) is 0 Å². The summed E-state index contributed by atoms with van der Waals surface area (Å²) in [7, 11) is 1.97. The van der Waals surface area contributed by atoms with E-state index in [1.165, 1.54) is 5.69 Å². The highest BCUT2D eigenvalue weighted by Crippen LogP contribution is 2.24. The van der Waals surface area contributed by atoms with Crippen LogP contribution >= 0.6 is 11.8 Å². The average molecular weight is 233 g/mol. The molecule has 0 bridgehead atoms. The van der Waals surface area contributed by atoms with Crippen LogP contribution in [0.5, 0.6) is 0 Å². The standard InChI is InChI=1S/C12H15N3S/c1-15-10(6-8-14-15)7-9-16-12-5-3-2-4-11(12)13/h2-6,8H,7,9,13H2,1H3. The number of aryl methyl sites for hydroxylation is 2. The summed E-state index contributed by atoms with van der Waals surface area (Å²) in [4.78, 5) is 1.16. The van der Waals surface area contributed by atoms with Gasteiger partial charge in [0.2, 0.25) is 0 Å². The Morgan fingerprint density at radius 1 is 1.31 bits per heavy atom. The van der Waals surface area contributed by atoms with Gasteiger partial charge in [-0.1, -0.05) is 12.1 Å². The van der Waals surface area contributed by atoms with Crippen molar-refractivity contribution in [1.29, 1.82) is 0 Å². The van der Waals surface area contributed by atoms with Crippen molar-refractivity contribution in [1.82, 2.24) is 9.78 Å². The minimum absolute atomic E-state index is 0.859. The van der Waals surface area contributed by atoms with Gasteiger partial charge in [-0.15, -0.1) is 11.8 Å². The van der Waals surface area contributed by atoms with E-state index in [-0.39, 0.29) is 0 Å². The summed E-state index contributed by atoms with van der Waals surface area (Å²) >= 11 is 1.79. The molecular formula is C12H15N3S. The molecule has 16 heavy (non-hydrogen) atoms. The van der Waals surface area contributed by atoms with E-state index in [2.05, 4.69) is 17.2 Å². The van der Waals surface area contributed by atoms with Crippen LogP contribution in [0.1, 0.15) is 5.69 Å². The highest BCUT2D eigenvalue weighted by molar-refractivity contribution is 7.99. The predicted octanol–water partition coefficient (Wildman–Crippen LogP) is 2.34. The molecule has 1 aromatic carbocycles. The van der Waals surface area contributed by atoms with Crippen LogP contribution in [0.3, 0.4) is 0 Å². The molecule has 0 saturated carbocycles. The van der Waals surface area contributed by atoms with Crippen LogP contribution in [0.2, 0.25) is 0 Å². The fraction of sp³-hybridized carbons (Fsp3) is 0.250. The molecule has 0 aliphatic carbocycles. The zero-order valence-electron chi connectivity index (χ0n) is 9.26. The van der Waals surface area contributed by atoms with Gasteiger partial charge < -0.3 is 5.73 Å². The van der Waals surface area contributed by atoms with Crippen LogP contribution in [0.4, 0.5) is 5.69 Å². The number of hydrogen-bond donors (Lipinski definition) is 1. The molecule has 1 heterocycles. The van der Waals surface area contributed by atoms with Gasteiger partial charge >= 0.3 is 0 Å². The minimum atomic E-state index is 0.859. The van der Waals surface area contributed by atoms with Gasteiger partial charge in [0.1, 0.15) is 0 Å². The van der Waals surface area contributed by atoms with Crippen molar-refractivity contribution >= 4 is 17.4 Å². The van der Waals surface area contributed by atoms with E-state index in [1.807, 2.05) is 36.1 Å². The van der Waals surface area contributed by atoms with Gasteiger partial charge in [-0.25, -0.2) is 0 Å². The summed E-state index contributed by atoms with van der Waals surface area (Å²) in [6.07, 6.45) is 2.84. The van der Waals surface area contributed by atoms with Crippen molar-refractivity contribution in [3.05, 3.63) is 42.2 Å². The molecule has 3 nitrogen and oxygen atoms in total. The fourth-order valence-electron chi connectivity index (χ4n) is 1.52. The molecule has 1 aromatic heterocycles. The Hall–Kier alpha value is -1.42. The SMILES string of the molecule is Cn1nccc1CCSc1ccccc1N. The van der Waals surface area contributed by atoms with Crippen LogP contribution < -0.4 is 5.73 Å². The van der Waals surface area contributed by atoms with Gasteiger partial charge in [0.05, 0.1) is 0 Å². The van der Waals surface area contributed by atoms with Crippen molar-refractivity contribution in [3.63, 3.8) is 0 Å². The Balaban J connectivity index is 1.89. The molecule has 0 radical (unpaired) electrons. The number of nitrogen functional groups attached to an aromatic ring is 1. The number of para-hydroxylation sites is 1. The van der Waals surface area contributed by atoms with E-state index in [4.69, 9.17) is 5.73 Å². The Bertz CT molecular complexity index is 465. The lowest BCUT2D eigenvalue weighted by Gasteiger charge is -2.05. The first-order valence-corrected chi connectivity index (χ1v) is 6.20. The number of nitrogens with zero attached hydrogens (tertiary/aromatic N) is 2. The predicted molar refractivity (Wildman–Crippen MR) is 68.5 cm³/mol. The molecular weight excluding hydrogens is 218 g/mol. The number of nitrogens with two attached hydrogens (primary N) is 1. The first-order valence-electron chi connectivity index (χ1n) is 5.21. The van der Waals surface area contributed by atoms with Gasteiger partial charge in [0.25, 0.3) is 0 Å². The molecule has 0 aliphatic rings. The molecule has 0 amide bonds. The molecule has 0 atom stereocenters. The average Bonchev–Trinajstić information content (AvgIpc) is 2.67. The molecule has 4 heteroatoms. The summed E-state index contributed by atoms with van der Waals surface area (Å²) in [5.41, 5.74) is 7.98. The second-order valence-electron chi connectivity index (χ2n) is 3.58. The third kappa shape index (κ3) is 2.58. The molecule has 84 valence electrons. The molecule has 2 rings (SSSR count). The van der Waals surface area contributed by atoms with Gasteiger partial charge in [-0.05, 0) is 24.6 Å². The molecule has 0 saturated heterocycles. The van der Waals surface area contributed by atoms with Crippen molar-refractivity contribution in [2.45, 2.75) is 11.3 Å². The van der Waals surface area contributed by atoms with Crippen molar-refractivity contribution in [2.24, 2.45) is 7.05 Å². The van der Waals surface area contributed by atoms with Crippen LogP contribution in [0.15, 0.2) is 41.4 Å². The van der Waals surface area contributed by atoms with Crippen molar-refractivity contribution in [3.8, 4) is 0 Å². The van der Waals surface area contributed by atoms with E-state index < -0.39 is 0 Å². The largest absolute Gasteiger partial charge is 0.398 e. The van der Waals surface area contributed by atoms with E-state index in [0.29, 0.717) is 0 Å². The molecule has 0 unspecified atom stereocenters. The van der Waals surface area contributed by atoms with Crippen LogP contribution in [0, 0.1) is 0 Å². The quantitative estimate of drug-likeness (QED) is 0.651. The minimum Gasteiger partial charge on any atom is -0.398 e. The number of aromatic nitrogens is 2. The Kier molecular flexibility index (Phi) is 3.51. The Morgan fingerprint density at radius 3 is 2.81 bits per heavy atom. The van der Waals surface area contributed by atoms with Gasteiger partial charge in [-0.3, -0.25) is 4.68 Å². The Labute approximate surface area is 99.7 Å². The highest BCUT2D eigenvalue weighted by Gasteiger charge is 2.01. The maximum Gasteiger partial charge on any atom is 0.0492 e. The van der Waals surface area contributed by atoms with E-state index >= 15 is 0 Å². The van der Waals surface area contributed by atoms with Crippen LogP contribution in [-0.2, 0) is 13.5 Å². The second kappa shape index (κ2) is 5.07. The second-order valence-corrected chi connectivity index (χ2v) is 4.72. The number of hydrogen-bond acceptors (Lipinski definition) is 3. The first kappa shape index (κ1) is 11.1. The number of anilines is 1. The number of benzene rings is 1. The summed E-state index contributed by atoms with van der Waals surface area (Å²) in [5.74, 6) is 1.02.